The largest absolute Gasteiger partial charge is 0.369 e. The molecule has 2 aromatic heterocycles. The minimum Gasteiger partial charge on any atom is -0.369 e. The average Bonchev–Trinajstić information content (AvgIpc) is 3.44. The number of nitrogens with one attached hydrogen (secondary N) is 1. The molecule has 0 atom stereocenters. The average molecular weight is 449 g/mol. The predicted molar refractivity (Wildman–Crippen MR) is 125 cm³/mol. The van der Waals surface area contributed by atoms with Crippen LogP contribution in [0.2, 0.25) is 0 Å². The molecule has 2 aromatic carbocycles. The van der Waals surface area contributed by atoms with Crippen LogP contribution in [0.4, 0.5) is 5.69 Å². The molecule has 6 nitrogen and oxygen atoms in total. The monoisotopic (exact) mass is 448 g/mol. The Labute approximate surface area is 188 Å². The highest BCUT2D eigenvalue weighted by molar-refractivity contribution is 8.00. The number of nitrogens with two attached hydrogens (primary N) is 1. The number of amides is 2. The first-order valence-electron chi connectivity index (χ1n) is 9.57. The van der Waals surface area contributed by atoms with Crippen molar-refractivity contribution < 1.29 is 9.59 Å². The van der Waals surface area contributed by atoms with Crippen LogP contribution in [0, 0.1) is 0 Å². The third kappa shape index (κ3) is 5.22. The SMILES string of the molecule is NC(=O)CSc1ccccc1NC(=O)c1cn(Cc2ccccc2)nc1-c1cccs1. The van der Waals surface area contributed by atoms with Gasteiger partial charge >= 0.3 is 0 Å². The van der Waals surface area contributed by atoms with Crippen LogP contribution in [0.5, 0.6) is 0 Å². The fourth-order valence-corrected chi connectivity index (χ4v) is 4.54. The van der Waals surface area contributed by atoms with Crippen molar-refractivity contribution in [3.8, 4) is 10.6 Å². The molecule has 0 aliphatic rings. The first-order valence-corrected chi connectivity index (χ1v) is 11.4. The number of thiophene rings is 1. The van der Waals surface area contributed by atoms with Gasteiger partial charge in [-0.05, 0) is 29.1 Å². The Kier molecular flexibility index (Phi) is 6.49. The van der Waals surface area contributed by atoms with Gasteiger partial charge in [-0.25, -0.2) is 0 Å². The van der Waals surface area contributed by atoms with E-state index < -0.39 is 5.91 Å². The van der Waals surface area contributed by atoms with Gasteiger partial charge in [0, 0.05) is 11.1 Å². The summed E-state index contributed by atoms with van der Waals surface area (Å²) in [5.41, 5.74) is 8.13. The minimum absolute atomic E-state index is 0.141. The number of carbonyl (C=O) groups excluding carboxylic acids is 2. The summed E-state index contributed by atoms with van der Waals surface area (Å²) in [5, 5.41) is 9.62. The van der Waals surface area contributed by atoms with Gasteiger partial charge in [0.05, 0.1) is 28.4 Å². The van der Waals surface area contributed by atoms with Crippen LogP contribution in [-0.4, -0.2) is 27.3 Å². The zero-order chi connectivity index (χ0) is 21.6. The van der Waals surface area contributed by atoms with Gasteiger partial charge in [-0.1, -0.05) is 48.5 Å². The number of carbonyl (C=O) groups is 2. The summed E-state index contributed by atoms with van der Waals surface area (Å²) >= 11 is 2.83. The second kappa shape index (κ2) is 9.63. The van der Waals surface area contributed by atoms with E-state index >= 15 is 0 Å². The summed E-state index contributed by atoms with van der Waals surface area (Å²) in [4.78, 5) is 26.1. The summed E-state index contributed by atoms with van der Waals surface area (Å²) in [6, 6.07) is 21.2. The molecule has 0 fully saturated rings. The zero-order valence-corrected chi connectivity index (χ0v) is 18.2. The number of rotatable bonds is 8. The Morgan fingerprint density at radius 2 is 1.81 bits per heavy atom. The molecular formula is C23H20N4O2S2. The van der Waals surface area contributed by atoms with Gasteiger partial charge in [-0.2, -0.15) is 5.10 Å². The molecule has 0 bridgehead atoms. The molecule has 0 radical (unpaired) electrons. The van der Waals surface area contributed by atoms with Crippen molar-refractivity contribution in [1.29, 1.82) is 0 Å². The summed E-state index contributed by atoms with van der Waals surface area (Å²) in [7, 11) is 0. The molecule has 2 heterocycles. The molecule has 0 unspecified atom stereocenters. The lowest BCUT2D eigenvalue weighted by Gasteiger charge is -2.10. The molecule has 4 aromatic rings. The van der Waals surface area contributed by atoms with Crippen LogP contribution in [0.3, 0.4) is 0 Å². The lowest BCUT2D eigenvalue weighted by Crippen LogP contribution is -2.15. The summed E-state index contributed by atoms with van der Waals surface area (Å²) in [6.07, 6.45) is 1.77. The van der Waals surface area contributed by atoms with E-state index in [0.29, 0.717) is 23.5 Å². The Morgan fingerprint density at radius 1 is 1.03 bits per heavy atom. The van der Waals surface area contributed by atoms with Gasteiger partial charge in [-0.3, -0.25) is 14.3 Å². The smallest absolute Gasteiger partial charge is 0.259 e. The predicted octanol–water partition coefficient (Wildman–Crippen LogP) is 4.49. The number of thioether (sulfide) groups is 1. The molecule has 156 valence electrons. The van der Waals surface area contributed by atoms with Crippen molar-refractivity contribution in [2.75, 3.05) is 11.1 Å². The Morgan fingerprint density at radius 3 is 2.55 bits per heavy atom. The molecule has 4 rings (SSSR count). The van der Waals surface area contributed by atoms with Gasteiger partial charge in [0.1, 0.15) is 5.69 Å². The lowest BCUT2D eigenvalue weighted by atomic mass is 10.2. The Balaban J connectivity index is 1.62. The van der Waals surface area contributed by atoms with Gasteiger partial charge < -0.3 is 11.1 Å². The van der Waals surface area contributed by atoms with E-state index in [-0.39, 0.29) is 11.7 Å². The number of primary amides is 1. The van der Waals surface area contributed by atoms with Crippen molar-refractivity contribution in [3.63, 3.8) is 0 Å². The van der Waals surface area contributed by atoms with Crippen LogP contribution in [0.1, 0.15) is 15.9 Å². The van der Waals surface area contributed by atoms with Crippen molar-refractivity contribution in [1.82, 2.24) is 9.78 Å². The molecule has 0 saturated heterocycles. The summed E-state index contributed by atoms with van der Waals surface area (Å²) in [6.45, 7) is 0.567. The van der Waals surface area contributed by atoms with E-state index in [4.69, 9.17) is 10.8 Å². The van der Waals surface area contributed by atoms with Crippen molar-refractivity contribution >= 4 is 40.6 Å². The standard InChI is InChI=1S/C23H20N4O2S2/c24-21(28)15-31-19-10-5-4-9-18(19)25-23(29)17-14-27(13-16-7-2-1-3-8-16)26-22(17)20-11-6-12-30-20/h1-12,14H,13,15H2,(H2,24,28)(H,25,29). The number of anilines is 1. The number of para-hydroxylation sites is 1. The molecule has 0 saturated carbocycles. The van der Waals surface area contributed by atoms with Crippen LogP contribution in [0.25, 0.3) is 10.6 Å². The van der Waals surface area contributed by atoms with Crippen molar-refractivity contribution in [3.05, 3.63) is 89.4 Å². The van der Waals surface area contributed by atoms with Gasteiger partial charge in [0.15, 0.2) is 0 Å². The van der Waals surface area contributed by atoms with Gasteiger partial charge in [-0.15, -0.1) is 23.1 Å². The van der Waals surface area contributed by atoms with Crippen LogP contribution in [0.15, 0.2) is 83.2 Å². The van der Waals surface area contributed by atoms with Crippen LogP contribution in [-0.2, 0) is 11.3 Å². The van der Waals surface area contributed by atoms with Crippen molar-refractivity contribution in [2.45, 2.75) is 11.4 Å². The van der Waals surface area contributed by atoms with Gasteiger partial charge in [0.2, 0.25) is 5.91 Å². The first-order chi connectivity index (χ1) is 15.1. The van der Waals surface area contributed by atoms with E-state index in [2.05, 4.69) is 5.32 Å². The lowest BCUT2D eigenvalue weighted by molar-refractivity contribution is -0.115. The highest BCUT2D eigenvalue weighted by Gasteiger charge is 2.20. The Hall–Kier alpha value is -3.36. The third-order valence-electron chi connectivity index (χ3n) is 4.45. The van der Waals surface area contributed by atoms with Crippen LogP contribution < -0.4 is 11.1 Å². The zero-order valence-electron chi connectivity index (χ0n) is 16.5. The maximum Gasteiger partial charge on any atom is 0.259 e. The maximum atomic E-state index is 13.2. The molecule has 3 N–H and O–H groups in total. The molecule has 0 aliphatic carbocycles. The summed E-state index contributed by atoms with van der Waals surface area (Å²) < 4.78 is 1.78. The Bertz CT molecular complexity index is 1190. The van der Waals surface area contributed by atoms with E-state index in [1.165, 1.54) is 23.1 Å². The van der Waals surface area contributed by atoms with Crippen molar-refractivity contribution in [2.24, 2.45) is 5.73 Å². The normalized spacial score (nSPS) is 10.7. The highest BCUT2D eigenvalue weighted by Crippen LogP contribution is 2.30. The summed E-state index contributed by atoms with van der Waals surface area (Å²) in [5.74, 6) is -0.523. The maximum absolute atomic E-state index is 13.2. The van der Waals surface area contributed by atoms with Crippen LogP contribution >= 0.6 is 23.1 Å². The van der Waals surface area contributed by atoms with E-state index in [1.54, 1.807) is 16.9 Å². The van der Waals surface area contributed by atoms with E-state index in [1.807, 2.05) is 66.0 Å². The highest BCUT2D eigenvalue weighted by atomic mass is 32.2. The number of benzene rings is 2. The minimum atomic E-state index is -0.409. The van der Waals surface area contributed by atoms with E-state index in [0.717, 1.165) is 15.3 Å². The second-order valence-corrected chi connectivity index (χ2v) is 8.72. The fourth-order valence-electron chi connectivity index (χ4n) is 3.07. The first kappa shape index (κ1) is 20.9. The molecular weight excluding hydrogens is 428 g/mol. The number of hydrogen-bond acceptors (Lipinski definition) is 5. The quantitative estimate of drug-likeness (QED) is 0.389. The fraction of sp³-hybridized carbons (Fsp3) is 0.0870. The molecule has 31 heavy (non-hydrogen) atoms. The van der Waals surface area contributed by atoms with Gasteiger partial charge in [0.25, 0.3) is 5.91 Å². The number of hydrogen-bond donors (Lipinski definition) is 2. The molecule has 8 heteroatoms. The molecule has 2 amide bonds. The second-order valence-electron chi connectivity index (χ2n) is 6.76. The molecule has 0 spiro atoms. The number of aromatic nitrogens is 2. The van der Waals surface area contributed by atoms with E-state index in [9.17, 15) is 9.59 Å². The molecule has 0 aliphatic heterocycles. The number of nitrogens with zero attached hydrogens (tertiary/aromatic N) is 2. The topological polar surface area (TPSA) is 90.0 Å². The third-order valence-corrected chi connectivity index (χ3v) is 6.43.